The fraction of sp³-hybridized carbons (Fsp3) is 0.600. The first kappa shape index (κ1) is 15.3. The summed E-state index contributed by atoms with van der Waals surface area (Å²) >= 11 is 0. The molecule has 1 fully saturated rings. The van der Waals surface area contributed by atoms with E-state index in [0.717, 1.165) is 24.8 Å². The van der Waals surface area contributed by atoms with Crippen LogP contribution in [0.15, 0.2) is 23.1 Å². The van der Waals surface area contributed by atoms with Gasteiger partial charge in [-0.3, -0.25) is 0 Å². The Labute approximate surface area is 122 Å². The van der Waals surface area contributed by atoms with Crippen molar-refractivity contribution >= 4 is 15.7 Å². The van der Waals surface area contributed by atoms with Gasteiger partial charge in [0.1, 0.15) is 0 Å². The SMILES string of the molecule is Cc1ccc(S(=O)(=O)N2CCCC(C)(C)CC2)cc1N. The second-order valence-corrected chi connectivity index (χ2v) is 8.38. The molecule has 0 amide bonds. The van der Waals surface area contributed by atoms with E-state index >= 15 is 0 Å². The van der Waals surface area contributed by atoms with E-state index in [0.29, 0.717) is 23.7 Å². The molecule has 20 heavy (non-hydrogen) atoms. The van der Waals surface area contributed by atoms with Crippen molar-refractivity contribution in [3.8, 4) is 0 Å². The van der Waals surface area contributed by atoms with Gasteiger partial charge in [-0.05, 0) is 49.3 Å². The fourth-order valence-corrected chi connectivity index (χ4v) is 4.08. The van der Waals surface area contributed by atoms with Crippen molar-refractivity contribution in [3.05, 3.63) is 23.8 Å². The maximum atomic E-state index is 12.7. The lowest BCUT2D eigenvalue weighted by Gasteiger charge is -2.23. The average molecular weight is 296 g/mol. The second kappa shape index (κ2) is 5.37. The molecule has 1 aromatic carbocycles. The Morgan fingerprint density at radius 3 is 2.55 bits per heavy atom. The fourth-order valence-electron chi connectivity index (χ4n) is 2.57. The van der Waals surface area contributed by atoms with Crippen LogP contribution in [-0.4, -0.2) is 25.8 Å². The number of aryl methyl sites for hydroxylation is 1. The van der Waals surface area contributed by atoms with E-state index in [1.165, 1.54) is 0 Å². The molecule has 1 aliphatic heterocycles. The Balaban J connectivity index is 2.28. The van der Waals surface area contributed by atoms with Crippen molar-refractivity contribution in [1.29, 1.82) is 0 Å². The molecule has 0 atom stereocenters. The summed E-state index contributed by atoms with van der Waals surface area (Å²) in [4.78, 5) is 0.306. The normalized spacial score (nSPS) is 20.6. The maximum Gasteiger partial charge on any atom is 0.243 e. The molecular formula is C15H24N2O2S. The summed E-state index contributed by atoms with van der Waals surface area (Å²) in [5.41, 5.74) is 7.49. The Bertz CT molecular complexity index is 594. The molecule has 0 aromatic heterocycles. The number of nitrogens with two attached hydrogens (primary N) is 1. The van der Waals surface area contributed by atoms with Gasteiger partial charge >= 0.3 is 0 Å². The van der Waals surface area contributed by atoms with Crippen LogP contribution < -0.4 is 5.73 Å². The molecule has 1 aromatic rings. The molecule has 0 aliphatic carbocycles. The third-order valence-corrected chi connectivity index (χ3v) is 6.08. The summed E-state index contributed by atoms with van der Waals surface area (Å²) in [6.45, 7) is 7.46. The Kier molecular flexibility index (Phi) is 4.12. The molecule has 2 N–H and O–H groups in total. The van der Waals surface area contributed by atoms with Crippen LogP contribution in [0, 0.1) is 12.3 Å². The molecule has 0 saturated carbocycles. The number of rotatable bonds is 2. The van der Waals surface area contributed by atoms with Crippen LogP contribution in [0.4, 0.5) is 5.69 Å². The smallest absolute Gasteiger partial charge is 0.243 e. The molecule has 1 aliphatic rings. The van der Waals surface area contributed by atoms with Crippen LogP contribution >= 0.6 is 0 Å². The number of hydrogen-bond acceptors (Lipinski definition) is 3. The van der Waals surface area contributed by atoms with Gasteiger partial charge in [-0.15, -0.1) is 0 Å². The van der Waals surface area contributed by atoms with Gasteiger partial charge in [0, 0.05) is 18.8 Å². The Morgan fingerprint density at radius 2 is 1.90 bits per heavy atom. The van der Waals surface area contributed by atoms with Gasteiger partial charge in [-0.1, -0.05) is 19.9 Å². The molecule has 0 spiro atoms. The Hall–Kier alpha value is -1.07. The average Bonchev–Trinajstić information content (AvgIpc) is 2.54. The summed E-state index contributed by atoms with van der Waals surface area (Å²) in [6, 6.07) is 4.99. The zero-order chi connectivity index (χ0) is 15.0. The molecule has 0 radical (unpaired) electrons. The summed E-state index contributed by atoms with van der Waals surface area (Å²) in [5.74, 6) is 0. The topological polar surface area (TPSA) is 63.4 Å². The standard InChI is InChI=1S/C15H24N2O2S/c1-12-5-6-13(11-14(12)16)20(18,19)17-9-4-7-15(2,3)8-10-17/h5-6,11H,4,7-10,16H2,1-3H3. The van der Waals surface area contributed by atoms with Gasteiger partial charge in [-0.2, -0.15) is 4.31 Å². The third kappa shape index (κ3) is 3.15. The van der Waals surface area contributed by atoms with E-state index in [9.17, 15) is 8.42 Å². The summed E-state index contributed by atoms with van der Waals surface area (Å²) < 4.78 is 27.0. The number of nitrogens with zero attached hydrogens (tertiary/aromatic N) is 1. The highest BCUT2D eigenvalue weighted by molar-refractivity contribution is 7.89. The minimum Gasteiger partial charge on any atom is -0.398 e. The number of nitrogen functional groups attached to an aromatic ring is 1. The van der Waals surface area contributed by atoms with E-state index in [-0.39, 0.29) is 5.41 Å². The van der Waals surface area contributed by atoms with Crippen LogP contribution in [0.5, 0.6) is 0 Å². The minimum absolute atomic E-state index is 0.219. The van der Waals surface area contributed by atoms with E-state index < -0.39 is 10.0 Å². The molecule has 2 rings (SSSR count). The number of sulfonamides is 1. The van der Waals surface area contributed by atoms with Crippen LogP contribution in [0.1, 0.15) is 38.7 Å². The predicted molar refractivity (Wildman–Crippen MR) is 82.0 cm³/mol. The maximum absolute atomic E-state index is 12.7. The Morgan fingerprint density at radius 1 is 1.20 bits per heavy atom. The quantitative estimate of drug-likeness (QED) is 0.854. The molecule has 1 heterocycles. The van der Waals surface area contributed by atoms with Gasteiger partial charge in [0.25, 0.3) is 0 Å². The first-order valence-electron chi connectivity index (χ1n) is 7.09. The molecular weight excluding hydrogens is 272 g/mol. The lowest BCUT2D eigenvalue weighted by Crippen LogP contribution is -2.32. The van der Waals surface area contributed by atoms with Crippen molar-refractivity contribution in [3.63, 3.8) is 0 Å². The zero-order valence-corrected chi connectivity index (χ0v) is 13.3. The number of benzene rings is 1. The van der Waals surface area contributed by atoms with E-state index in [4.69, 9.17) is 5.73 Å². The van der Waals surface area contributed by atoms with E-state index in [1.54, 1.807) is 22.5 Å². The molecule has 1 saturated heterocycles. The predicted octanol–water partition coefficient (Wildman–Crippen LogP) is 2.78. The first-order chi connectivity index (χ1) is 9.22. The minimum atomic E-state index is -3.42. The van der Waals surface area contributed by atoms with Crippen molar-refractivity contribution in [1.82, 2.24) is 4.31 Å². The van der Waals surface area contributed by atoms with Crippen LogP contribution in [0.2, 0.25) is 0 Å². The van der Waals surface area contributed by atoms with Gasteiger partial charge in [0.05, 0.1) is 4.90 Å². The summed E-state index contributed by atoms with van der Waals surface area (Å²) in [6.07, 6.45) is 2.87. The van der Waals surface area contributed by atoms with E-state index in [1.807, 2.05) is 6.92 Å². The highest BCUT2D eigenvalue weighted by atomic mass is 32.2. The number of hydrogen-bond donors (Lipinski definition) is 1. The highest BCUT2D eigenvalue weighted by Gasteiger charge is 2.30. The highest BCUT2D eigenvalue weighted by Crippen LogP contribution is 2.32. The number of anilines is 1. The lowest BCUT2D eigenvalue weighted by atomic mass is 9.85. The van der Waals surface area contributed by atoms with Gasteiger partial charge in [0.2, 0.25) is 10.0 Å². The second-order valence-electron chi connectivity index (χ2n) is 6.44. The first-order valence-corrected chi connectivity index (χ1v) is 8.53. The zero-order valence-electron chi connectivity index (χ0n) is 12.5. The molecule has 112 valence electrons. The molecule has 4 nitrogen and oxygen atoms in total. The largest absolute Gasteiger partial charge is 0.398 e. The monoisotopic (exact) mass is 296 g/mol. The van der Waals surface area contributed by atoms with Crippen LogP contribution in [0.25, 0.3) is 0 Å². The summed E-state index contributed by atoms with van der Waals surface area (Å²) in [5, 5.41) is 0. The summed E-state index contributed by atoms with van der Waals surface area (Å²) in [7, 11) is -3.42. The van der Waals surface area contributed by atoms with Crippen molar-refractivity contribution in [2.45, 2.75) is 44.9 Å². The third-order valence-electron chi connectivity index (χ3n) is 4.19. The lowest BCUT2D eigenvalue weighted by molar-refractivity contribution is 0.315. The van der Waals surface area contributed by atoms with Crippen LogP contribution in [-0.2, 0) is 10.0 Å². The van der Waals surface area contributed by atoms with Gasteiger partial charge in [0.15, 0.2) is 0 Å². The van der Waals surface area contributed by atoms with Gasteiger partial charge in [-0.25, -0.2) is 8.42 Å². The molecule has 0 bridgehead atoms. The molecule has 5 heteroatoms. The van der Waals surface area contributed by atoms with E-state index in [2.05, 4.69) is 13.8 Å². The molecule has 0 unspecified atom stereocenters. The van der Waals surface area contributed by atoms with Crippen molar-refractivity contribution < 1.29 is 8.42 Å². The van der Waals surface area contributed by atoms with Gasteiger partial charge < -0.3 is 5.73 Å². The van der Waals surface area contributed by atoms with Crippen molar-refractivity contribution in [2.24, 2.45) is 5.41 Å². The van der Waals surface area contributed by atoms with Crippen LogP contribution in [0.3, 0.4) is 0 Å². The van der Waals surface area contributed by atoms with Crippen molar-refractivity contribution in [2.75, 3.05) is 18.8 Å².